The predicted octanol–water partition coefficient (Wildman–Crippen LogP) is 7.14. The zero-order chi connectivity index (χ0) is 21.6. The molecular formula is C26H41NO2. The highest BCUT2D eigenvalue weighted by molar-refractivity contribution is 5.84. The van der Waals surface area contributed by atoms with Crippen LogP contribution < -0.4 is 0 Å². The molecule has 0 bridgehead atoms. The number of hydrogen-bond donors (Lipinski definition) is 1. The van der Waals surface area contributed by atoms with Crippen molar-refractivity contribution in [3.63, 3.8) is 0 Å². The van der Waals surface area contributed by atoms with Crippen molar-refractivity contribution < 1.29 is 9.84 Å². The fourth-order valence-corrected chi connectivity index (χ4v) is 3.73. The highest BCUT2D eigenvalue weighted by Gasteiger charge is 2.23. The van der Waals surface area contributed by atoms with Crippen LogP contribution in [0.2, 0.25) is 0 Å². The van der Waals surface area contributed by atoms with E-state index in [4.69, 9.17) is 4.74 Å². The Balaban J connectivity index is 0.000000989. The Bertz CT molecular complexity index is 731. The van der Waals surface area contributed by atoms with Gasteiger partial charge in [0.25, 0.3) is 0 Å². The third-order valence-corrected chi connectivity index (χ3v) is 5.00. The molecular weight excluding hydrogens is 358 g/mol. The Kier molecular flexibility index (Phi) is 12.1. The van der Waals surface area contributed by atoms with Crippen LogP contribution in [-0.4, -0.2) is 29.7 Å². The minimum absolute atomic E-state index is 0.326. The Morgan fingerprint density at radius 2 is 1.62 bits per heavy atom. The van der Waals surface area contributed by atoms with Gasteiger partial charge < -0.3 is 9.84 Å². The van der Waals surface area contributed by atoms with Crippen LogP contribution >= 0.6 is 0 Å². The molecule has 0 saturated carbocycles. The van der Waals surface area contributed by atoms with Crippen molar-refractivity contribution in [2.75, 3.05) is 19.7 Å². The minimum Gasteiger partial charge on any atom is -0.508 e. The number of ether oxygens (including phenoxy) is 1. The van der Waals surface area contributed by atoms with Crippen LogP contribution in [0.3, 0.4) is 0 Å². The molecule has 1 N–H and O–H groups in total. The molecule has 1 aliphatic rings. The van der Waals surface area contributed by atoms with Gasteiger partial charge in [-0.1, -0.05) is 52.8 Å². The molecule has 0 spiro atoms. The third kappa shape index (κ3) is 7.74. The van der Waals surface area contributed by atoms with Gasteiger partial charge in [-0.15, -0.1) is 0 Å². The van der Waals surface area contributed by atoms with Gasteiger partial charge in [0, 0.05) is 12.5 Å². The lowest BCUT2D eigenvalue weighted by Crippen LogP contribution is -2.34. The first-order chi connectivity index (χ1) is 14.2. The number of piperidine rings is 1. The fraction of sp³-hybridized carbons (Fsp3) is 0.538. The molecule has 2 aromatic rings. The SMILES string of the molecule is CC.CC.CC/C=C(\OCC)C1CCN(Cc2ccc3cc(O)ccc3c2)CC1. The summed E-state index contributed by atoms with van der Waals surface area (Å²) in [5.74, 6) is 2.11. The van der Waals surface area contributed by atoms with E-state index in [2.05, 4.69) is 43.0 Å². The Labute approximate surface area is 178 Å². The maximum absolute atomic E-state index is 9.58. The summed E-state index contributed by atoms with van der Waals surface area (Å²) >= 11 is 0. The Morgan fingerprint density at radius 1 is 1.00 bits per heavy atom. The van der Waals surface area contributed by atoms with Crippen molar-refractivity contribution in [1.82, 2.24) is 4.90 Å². The highest BCUT2D eigenvalue weighted by atomic mass is 16.5. The first kappa shape index (κ1) is 25.0. The molecule has 0 unspecified atom stereocenters. The second kappa shape index (κ2) is 14.1. The van der Waals surface area contributed by atoms with Crippen molar-refractivity contribution in [3.8, 4) is 5.75 Å². The number of benzene rings is 2. The van der Waals surface area contributed by atoms with E-state index >= 15 is 0 Å². The van der Waals surface area contributed by atoms with Crippen LogP contribution in [0, 0.1) is 5.92 Å². The molecule has 162 valence electrons. The maximum Gasteiger partial charge on any atom is 0.116 e. The molecule has 3 rings (SSSR count). The zero-order valence-corrected chi connectivity index (χ0v) is 19.4. The van der Waals surface area contributed by atoms with Crippen molar-refractivity contribution in [2.24, 2.45) is 5.92 Å². The summed E-state index contributed by atoms with van der Waals surface area (Å²) < 4.78 is 5.86. The second-order valence-electron chi connectivity index (χ2n) is 6.86. The average molecular weight is 400 g/mol. The number of phenolic OH excluding ortho intramolecular Hbond substituents is 1. The first-order valence-corrected chi connectivity index (χ1v) is 11.5. The lowest BCUT2D eigenvalue weighted by atomic mass is 9.93. The topological polar surface area (TPSA) is 32.7 Å². The van der Waals surface area contributed by atoms with Crippen molar-refractivity contribution in [3.05, 3.63) is 53.8 Å². The number of hydrogen-bond acceptors (Lipinski definition) is 3. The predicted molar refractivity (Wildman–Crippen MR) is 126 cm³/mol. The smallest absolute Gasteiger partial charge is 0.116 e. The van der Waals surface area contributed by atoms with Gasteiger partial charge in [0.05, 0.1) is 12.4 Å². The van der Waals surface area contributed by atoms with E-state index in [1.807, 2.05) is 39.8 Å². The molecule has 3 nitrogen and oxygen atoms in total. The van der Waals surface area contributed by atoms with Crippen LogP contribution in [0.4, 0.5) is 0 Å². The van der Waals surface area contributed by atoms with Crippen molar-refractivity contribution >= 4 is 10.8 Å². The van der Waals surface area contributed by atoms with Crippen molar-refractivity contribution in [1.29, 1.82) is 0 Å². The van der Waals surface area contributed by atoms with E-state index in [9.17, 15) is 5.11 Å². The fourth-order valence-electron chi connectivity index (χ4n) is 3.73. The Morgan fingerprint density at radius 3 is 2.24 bits per heavy atom. The molecule has 1 heterocycles. The summed E-state index contributed by atoms with van der Waals surface area (Å²) in [4.78, 5) is 2.54. The molecule has 0 aromatic heterocycles. The zero-order valence-electron chi connectivity index (χ0n) is 19.4. The first-order valence-electron chi connectivity index (χ1n) is 11.5. The minimum atomic E-state index is 0.326. The second-order valence-corrected chi connectivity index (χ2v) is 6.86. The van der Waals surface area contributed by atoms with E-state index in [-0.39, 0.29) is 0 Å². The normalized spacial score (nSPS) is 15.2. The number of fused-ring (bicyclic) bond motifs is 1. The van der Waals surface area contributed by atoms with Crippen LogP contribution in [0.5, 0.6) is 5.75 Å². The molecule has 2 aromatic carbocycles. The van der Waals surface area contributed by atoms with Gasteiger partial charge in [0.15, 0.2) is 0 Å². The summed E-state index contributed by atoms with van der Waals surface area (Å²) in [6.07, 6.45) is 5.64. The number of nitrogens with zero attached hydrogens (tertiary/aromatic N) is 1. The summed E-state index contributed by atoms with van der Waals surface area (Å²) in [7, 11) is 0. The molecule has 1 aliphatic heterocycles. The van der Waals surface area contributed by atoms with E-state index in [1.54, 1.807) is 6.07 Å². The largest absolute Gasteiger partial charge is 0.508 e. The van der Waals surface area contributed by atoms with Crippen molar-refractivity contribution in [2.45, 2.75) is 67.3 Å². The Hall–Kier alpha value is -2.00. The van der Waals surface area contributed by atoms with Gasteiger partial charge in [0.1, 0.15) is 5.75 Å². The molecule has 1 saturated heterocycles. The van der Waals surface area contributed by atoms with Gasteiger partial charge in [-0.05, 0) is 79.9 Å². The molecule has 0 amide bonds. The lowest BCUT2D eigenvalue weighted by molar-refractivity contribution is 0.130. The maximum atomic E-state index is 9.58. The quantitative estimate of drug-likeness (QED) is 0.524. The van der Waals surface area contributed by atoms with Crippen LogP contribution in [-0.2, 0) is 11.3 Å². The molecule has 0 aliphatic carbocycles. The van der Waals surface area contributed by atoms with Gasteiger partial charge in [-0.2, -0.15) is 0 Å². The standard InChI is InChI=1S/C22H29NO2.2C2H6/c1-3-5-22(25-4-2)18-10-12-23(13-11-18)16-17-6-7-20-15-21(24)9-8-19(20)14-17;2*1-2/h5-9,14-15,18,24H,3-4,10-13,16H2,1-2H3;2*1-2H3/b22-5-;;. The molecule has 29 heavy (non-hydrogen) atoms. The number of aromatic hydroxyl groups is 1. The van der Waals surface area contributed by atoms with Gasteiger partial charge in [-0.25, -0.2) is 0 Å². The molecule has 3 heteroatoms. The number of allylic oxidation sites excluding steroid dienone is 2. The monoisotopic (exact) mass is 399 g/mol. The summed E-state index contributed by atoms with van der Waals surface area (Å²) in [5.41, 5.74) is 1.34. The van der Waals surface area contributed by atoms with Gasteiger partial charge in [0.2, 0.25) is 0 Å². The highest BCUT2D eigenvalue weighted by Crippen LogP contribution is 2.27. The summed E-state index contributed by atoms with van der Waals surface area (Å²) in [6.45, 7) is 16.2. The number of phenols is 1. The van der Waals surface area contributed by atoms with Crippen LogP contribution in [0.15, 0.2) is 48.2 Å². The lowest BCUT2D eigenvalue weighted by Gasteiger charge is -2.33. The van der Waals surface area contributed by atoms with E-state index in [0.717, 1.165) is 38.0 Å². The molecule has 0 radical (unpaired) electrons. The molecule has 0 atom stereocenters. The number of rotatable bonds is 6. The number of likely N-dealkylation sites (tertiary alicyclic amines) is 1. The van der Waals surface area contributed by atoms with E-state index < -0.39 is 0 Å². The average Bonchev–Trinajstić information content (AvgIpc) is 2.77. The summed E-state index contributed by atoms with van der Waals surface area (Å²) in [5, 5.41) is 11.9. The van der Waals surface area contributed by atoms with E-state index in [1.165, 1.54) is 29.6 Å². The third-order valence-electron chi connectivity index (χ3n) is 5.00. The van der Waals surface area contributed by atoms with Crippen LogP contribution in [0.1, 0.15) is 66.4 Å². The van der Waals surface area contributed by atoms with Crippen LogP contribution in [0.25, 0.3) is 10.8 Å². The molecule has 1 fully saturated rings. The van der Waals surface area contributed by atoms with Gasteiger partial charge >= 0.3 is 0 Å². The van der Waals surface area contributed by atoms with Gasteiger partial charge in [-0.3, -0.25) is 4.90 Å². The summed E-state index contributed by atoms with van der Waals surface area (Å²) in [6, 6.07) is 12.1. The van der Waals surface area contributed by atoms with E-state index in [0.29, 0.717) is 11.7 Å².